The molecular weight excluding hydrogens is 148 g/mol. The molecule has 0 radical (unpaired) electrons. The number of unbranched alkanes of at least 4 members (excludes halogenated alkanes) is 3. The summed E-state index contributed by atoms with van der Waals surface area (Å²) in [5, 5.41) is 0. The molecule has 0 rings (SSSR count). The highest BCUT2D eigenvalue weighted by atomic mass is 16.1. The SMILES string of the molecule is CCCCCC[C@H](C)CC(C)=O. The van der Waals surface area contributed by atoms with E-state index in [2.05, 4.69) is 13.8 Å². The standard InChI is InChI=1S/C11H22O/c1-4-5-6-7-8-10(2)9-11(3)12/h10H,4-9H2,1-3H3/t10-/m0/s1. The minimum atomic E-state index is 0.331. The second-order valence-corrected chi connectivity index (χ2v) is 3.86. The summed E-state index contributed by atoms with van der Waals surface area (Å²) in [4.78, 5) is 10.7. The second-order valence-electron chi connectivity index (χ2n) is 3.86. The van der Waals surface area contributed by atoms with Gasteiger partial charge in [-0.1, -0.05) is 46.0 Å². The first kappa shape index (κ1) is 11.7. The molecule has 0 aromatic carbocycles. The van der Waals surface area contributed by atoms with Gasteiger partial charge in [-0.3, -0.25) is 0 Å². The van der Waals surface area contributed by atoms with Crippen molar-refractivity contribution in [3.63, 3.8) is 0 Å². The highest BCUT2D eigenvalue weighted by Gasteiger charge is 2.03. The molecule has 1 nitrogen and oxygen atoms in total. The average molecular weight is 170 g/mol. The van der Waals surface area contributed by atoms with Gasteiger partial charge in [-0.15, -0.1) is 0 Å². The molecule has 0 saturated heterocycles. The lowest BCUT2D eigenvalue weighted by atomic mass is 9.98. The van der Waals surface area contributed by atoms with Gasteiger partial charge >= 0.3 is 0 Å². The van der Waals surface area contributed by atoms with Gasteiger partial charge in [-0.25, -0.2) is 0 Å². The van der Waals surface area contributed by atoms with Crippen molar-refractivity contribution in [1.29, 1.82) is 0 Å². The maximum Gasteiger partial charge on any atom is 0.130 e. The summed E-state index contributed by atoms with van der Waals surface area (Å²) in [5.74, 6) is 0.928. The van der Waals surface area contributed by atoms with E-state index in [9.17, 15) is 4.79 Å². The number of hydrogen-bond donors (Lipinski definition) is 0. The molecule has 0 aromatic rings. The van der Waals surface area contributed by atoms with Crippen LogP contribution in [0.2, 0.25) is 0 Å². The predicted molar refractivity (Wildman–Crippen MR) is 53.2 cm³/mol. The Bertz CT molecular complexity index is 118. The van der Waals surface area contributed by atoms with Gasteiger partial charge in [0, 0.05) is 6.42 Å². The monoisotopic (exact) mass is 170 g/mol. The molecule has 0 bridgehead atoms. The van der Waals surface area contributed by atoms with Crippen LogP contribution in [-0.4, -0.2) is 5.78 Å². The van der Waals surface area contributed by atoms with Crippen molar-refractivity contribution in [2.75, 3.05) is 0 Å². The topological polar surface area (TPSA) is 17.1 Å². The van der Waals surface area contributed by atoms with E-state index in [4.69, 9.17) is 0 Å². The molecule has 0 aromatic heterocycles. The van der Waals surface area contributed by atoms with Crippen LogP contribution in [0.3, 0.4) is 0 Å². The Kier molecular flexibility index (Phi) is 7.12. The van der Waals surface area contributed by atoms with Crippen molar-refractivity contribution in [3.05, 3.63) is 0 Å². The van der Waals surface area contributed by atoms with Crippen LogP contribution in [0.1, 0.15) is 59.3 Å². The highest BCUT2D eigenvalue weighted by Crippen LogP contribution is 2.13. The molecule has 12 heavy (non-hydrogen) atoms. The first-order valence-corrected chi connectivity index (χ1v) is 5.16. The zero-order valence-corrected chi connectivity index (χ0v) is 8.73. The van der Waals surface area contributed by atoms with Crippen LogP contribution in [0.15, 0.2) is 0 Å². The van der Waals surface area contributed by atoms with Crippen LogP contribution in [0.4, 0.5) is 0 Å². The number of Topliss-reactive ketones (excluding diaryl/α,β-unsaturated/α-hetero) is 1. The van der Waals surface area contributed by atoms with Crippen molar-refractivity contribution in [2.24, 2.45) is 5.92 Å². The molecule has 0 fully saturated rings. The maximum atomic E-state index is 10.7. The van der Waals surface area contributed by atoms with Crippen molar-refractivity contribution in [2.45, 2.75) is 59.3 Å². The van der Waals surface area contributed by atoms with Gasteiger partial charge in [-0.05, 0) is 12.8 Å². The van der Waals surface area contributed by atoms with E-state index >= 15 is 0 Å². The van der Waals surface area contributed by atoms with Gasteiger partial charge in [0.15, 0.2) is 0 Å². The van der Waals surface area contributed by atoms with Gasteiger partial charge in [0.2, 0.25) is 0 Å². The van der Waals surface area contributed by atoms with E-state index in [1.807, 2.05) is 0 Å². The van der Waals surface area contributed by atoms with Crippen LogP contribution in [0.5, 0.6) is 0 Å². The van der Waals surface area contributed by atoms with E-state index < -0.39 is 0 Å². The lowest BCUT2D eigenvalue weighted by Crippen LogP contribution is -2.01. The Morgan fingerprint density at radius 3 is 2.42 bits per heavy atom. The molecule has 0 N–H and O–H groups in total. The predicted octanol–water partition coefficient (Wildman–Crippen LogP) is 3.57. The molecule has 0 heterocycles. The summed E-state index contributed by atoms with van der Waals surface area (Å²) >= 11 is 0. The lowest BCUT2D eigenvalue weighted by Gasteiger charge is -2.07. The zero-order chi connectivity index (χ0) is 9.40. The lowest BCUT2D eigenvalue weighted by molar-refractivity contribution is -0.117. The summed E-state index contributed by atoms with van der Waals surface area (Å²) in [6.07, 6.45) is 7.25. The first-order chi connectivity index (χ1) is 5.66. The van der Waals surface area contributed by atoms with Crippen LogP contribution >= 0.6 is 0 Å². The fourth-order valence-electron chi connectivity index (χ4n) is 1.51. The molecule has 0 spiro atoms. The number of carbonyl (C=O) groups is 1. The smallest absolute Gasteiger partial charge is 0.130 e. The van der Waals surface area contributed by atoms with Crippen molar-refractivity contribution in [3.8, 4) is 0 Å². The molecule has 1 heteroatoms. The quantitative estimate of drug-likeness (QED) is 0.534. The van der Waals surface area contributed by atoms with Crippen LogP contribution in [0.25, 0.3) is 0 Å². The number of rotatable bonds is 7. The fourth-order valence-corrected chi connectivity index (χ4v) is 1.51. The van der Waals surface area contributed by atoms with E-state index in [1.54, 1.807) is 6.92 Å². The summed E-state index contributed by atoms with van der Waals surface area (Å²) in [6, 6.07) is 0. The van der Waals surface area contributed by atoms with E-state index in [-0.39, 0.29) is 0 Å². The van der Waals surface area contributed by atoms with E-state index in [0.717, 1.165) is 6.42 Å². The maximum absolute atomic E-state index is 10.7. The van der Waals surface area contributed by atoms with Crippen LogP contribution in [0, 0.1) is 5.92 Å². The minimum Gasteiger partial charge on any atom is -0.300 e. The average Bonchev–Trinajstić information content (AvgIpc) is 1.97. The zero-order valence-electron chi connectivity index (χ0n) is 8.73. The summed E-state index contributed by atoms with van der Waals surface area (Å²) in [6.45, 7) is 6.08. The third-order valence-electron chi connectivity index (χ3n) is 2.19. The molecule has 0 amide bonds. The Labute approximate surface area is 76.6 Å². The molecule has 1 atom stereocenters. The molecule has 0 aliphatic rings. The number of ketones is 1. The van der Waals surface area contributed by atoms with Gasteiger partial charge in [0.25, 0.3) is 0 Å². The molecule has 0 unspecified atom stereocenters. The summed E-state index contributed by atoms with van der Waals surface area (Å²) in [5.41, 5.74) is 0. The third kappa shape index (κ3) is 7.77. The van der Waals surface area contributed by atoms with Crippen LogP contribution < -0.4 is 0 Å². The Morgan fingerprint density at radius 2 is 1.92 bits per heavy atom. The van der Waals surface area contributed by atoms with Crippen molar-refractivity contribution < 1.29 is 4.79 Å². The fraction of sp³-hybridized carbons (Fsp3) is 0.909. The molecule has 0 aliphatic heterocycles. The van der Waals surface area contributed by atoms with Crippen molar-refractivity contribution in [1.82, 2.24) is 0 Å². The number of hydrogen-bond acceptors (Lipinski definition) is 1. The first-order valence-electron chi connectivity index (χ1n) is 5.16. The highest BCUT2D eigenvalue weighted by molar-refractivity contribution is 5.75. The van der Waals surface area contributed by atoms with E-state index in [1.165, 1.54) is 32.1 Å². The Balaban J connectivity index is 3.19. The molecule has 0 aliphatic carbocycles. The number of carbonyl (C=O) groups excluding carboxylic acids is 1. The molecular formula is C11H22O. The molecule has 0 saturated carbocycles. The van der Waals surface area contributed by atoms with Gasteiger partial charge in [-0.2, -0.15) is 0 Å². The van der Waals surface area contributed by atoms with Crippen LogP contribution in [-0.2, 0) is 4.79 Å². The normalized spacial score (nSPS) is 12.9. The minimum absolute atomic E-state index is 0.331. The summed E-state index contributed by atoms with van der Waals surface area (Å²) in [7, 11) is 0. The largest absolute Gasteiger partial charge is 0.300 e. The second kappa shape index (κ2) is 7.33. The Morgan fingerprint density at radius 1 is 1.25 bits per heavy atom. The summed E-state index contributed by atoms with van der Waals surface area (Å²) < 4.78 is 0. The van der Waals surface area contributed by atoms with Gasteiger partial charge < -0.3 is 4.79 Å². The van der Waals surface area contributed by atoms with E-state index in [0.29, 0.717) is 11.7 Å². The molecule has 72 valence electrons. The van der Waals surface area contributed by atoms with Crippen molar-refractivity contribution >= 4 is 5.78 Å². The van der Waals surface area contributed by atoms with Gasteiger partial charge in [0.1, 0.15) is 5.78 Å². The Hall–Kier alpha value is -0.330. The third-order valence-corrected chi connectivity index (χ3v) is 2.19. The van der Waals surface area contributed by atoms with Gasteiger partial charge in [0.05, 0.1) is 0 Å².